The van der Waals surface area contributed by atoms with Crippen molar-refractivity contribution in [2.45, 2.75) is 26.4 Å². The smallest absolute Gasteiger partial charge is 0.339 e. The molecule has 0 heterocycles. The fraction of sp³-hybridized carbons (Fsp3) is 0.462. The predicted molar refractivity (Wildman–Crippen MR) is 68.0 cm³/mol. The van der Waals surface area contributed by atoms with Gasteiger partial charge in [-0.1, -0.05) is 19.1 Å². The van der Waals surface area contributed by atoms with E-state index in [4.69, 9.17) is 20.1 Å². The summed E-state index contributed by atoms with van der Waals surface area (Å²) in [6.07, 6.45) is 0.261. The molecule has 3 N–H and O–H groups in total. The molecular weight excluding hydrogens is 236 g/mol. The molecule has 5 heteroatoms. The maximum Gasteiger partial charge on any atom is 0.339 e. The van der Waals surface area contributed by atoms with Crippen LogP contribution in [0.5, 0.6) is 5.75 Å². The normalized spacial score (nSPS) is 11.1. The number of ether oxygens (including phenoxy) is 1. The van der Waals surface area contributed by atoms with E-state index in [1.54, 1.807) is 25.1 Å². The van der Waals surface area contributed by atoms with Gasteiger partial charge < -0.3 is 20.1 Å². The van der Waals surface area contributed by atoms with E-state index in [-0.39, 0.29) is 17.9 Å². The maximum atomic E-state index is 10.7. The van der Waals surface area contributed by atoms with Crippen LogP contribution < -0.4 is 4.74 Å². The van der Waals surface area contributed by atoms with Gasteiger partial charge in [0.15, 0.2) is 0 Å². The molecule has 1 aromatic carbocycles. The van der Waals surface area contributed by atoms with E-state index in [1.165, 1.54) is 6.07 Å². The average molecular weight is 256 g/mol. The molecule has 18 heavy (non-hydrogen) atoms. The highest BCUT2D eigenvalue weighted by Crippen LogP contribution is 2.17. The van der Waals surface area contributed by atoms with Crippen LogP contribution in [-0.2, 0) is 0 Å². The minimum absolute atomic E-state index is 0.0876. The lowest BCUT2D eigenvalue weighted by Crippen LogP contribution is -2.14. The molecule has 1 unspecified atom stereocenters. The fourth-order valence-corrected chi connectivity index (χ4v) is 0.980. The van der Waals surface area contributed by atoms with Gasteiger partial charge in [0.1, 0.15) is 17.9 Å². The average Bonchev–Trinajstić information content (AvgIpc) is 2.36. The summed E-state index contributed by atoms with van der Waals surface area (Å²) in [7, 11) is 0. The Morgan fingerprint density at radius 3 is 2.39 bits per heavy atom. The molecule has 0 saturated heterocycles. The highest BCUT2D eigenvalue weighted by Gasteiger charge is 2.10. The zero-order valence-corrected chi connectivity index (χ0v) is 10.7. The Morgan fingerprint density at radius 1 is 1.39 bits per heavy atom. The van der Waals surface area contributed by atoms with Gasteiger partial charge in [0.2, 0.25) is 0 Å². The van der Waals surface area contributed by atoms with Crippen LogP contribution in [0.25, 0.3) is 0 Å². The number of benzene rings is 1. The van der Waals surface area contributed by atoms with E-state index < -0.39 is 12.1 Å². The Hall–Kier alpha value is -1.59. The van der Waals surface area contributed by atoms with Gasteiger partial charge in [-0.3, -0.25) is 0 Å². The van der Waals surface area contributed by atoms with Gasteiger partial charge >= 0.3 is 5.97 Å². The fourth-order valence-electron chi connectivity index (χ4n) is 0.980. The van der Waals surface area contributed by atoms with Crippen LogP contribution in [0.2, 0.25) is 0 Å². The number of hydrogen-bond donors (Lipinski definition) is 3. The highest BCUT2D eigenvalue weighted by molar-refractivity contribution is 5.90. The van der Waals surface area contributed by atoms with Crippen molar-refractivity contribution < 1.29 is 24.9 Å². The summed E-state index contributed by atoms with van der Waals surface area (Å²) in [6, 6.07) is 6.33. The molecule has 0 aliphatic rings. The number of carbonyl (C=O) groups is 1. The van der Waals surface area contributed by atoms with Gasteiger partial charge in [-0.05, 0) is 25.5 Å². The molecule has 0 spiro atoms. The zero-order valence-electron chi connectivity index (χ0n) is 10.7. The summed E-state index contributed by atoms with van der Waals surface area (Å²) in [6.45, 7) is 3.91. The molecule has 0 aliphatic carbocycles. The van der Waals surface area contributed by atoms with E-state index in [9.17, 15) is 4.79 Å². The van der Waals surface area contributed by atoms with E-state index in [0.717, 1.165) is 6.42 Å². The van der Waals surface area contributed by atoms with Crippen molar-refractivity contribution in [2.75, 3.05) is 13.2 Å². The van der Waals surface area contributed by atoms with Crippen molar-refractivity contribution in [3.63, 3.8) is 0 Å². The Balaban J connectivity index is 0.000000631. The number of aliphatic hydroxyl groups excluding tert-OH is 2. The third-order valence-electron chi connectivity index (χ3n) is 1.82. The van der Waals surface area contributed by atoms with E-state index in [0.29, 0.717) is 6.61 Å². The lowest BCUT2D eigenvalue weighted by Gasteiger charge is -2.09. The van der Waals surface area contributed by atoms with Crippen LogP contribution in [0.4, 0.5) is 0 Å². The quantitative estimate of drug-likeness (QED) is 0.743. The lowest BCUT2D eigenvalue weighted by molar-refractivity contribution is 0.0685. The lowest BCUT2D eigenvalue weighted by atomic mass is 10.2. The Bertz CT molecular complexity index is 347. The molecule has 0 saturated carbocycles. The Morgan fingerprint density at radius 2 is 1.94 bits per heavy atom. The summed E-state index contributed by atoms with van der Waals surface area (Å²) in [5.41, 5.74) is 0.105. The zero-order chi connectivity index (χ0) is 14.0. The van der Waals surface area contributed by atoms with Crippen molar-refractivity contribution in [1.82, 2.24) is 0 Å². The Kier molecular flexibility index (Phi) is 8.61. The molecule has 1 atom stereocenters. The number of para-hydroxylation sites is 1. The van der Waals surface area contributed by atoms with Gasteiger partial charge in [-0.15, -0.1) is 0 Å². The molecule has 0 aromatic heterocycles. The first kappa shape index (κ1) is 16.4. The summed E-state index contributed by atoms with van der Waals surface area (Å²) in [4.78, 5) is 10.7. The summed E-state index contributed by atoms with van der Waals surface area (Å²) in [5.74, 6) is -0.757. The number of aliphatic hydroxyl groups is 2. The summed E-state index contributed by atoms with van der Waals surface area (Å²) in [5, 5.41) is 25.6. The number of rotatable bonds is 5. The SMILES string of the molecule is CC(O)COc1ccccc1C(=O)O.CCCO. The molecule has 102 valence electrons. The second-order valence-corrected chi connectivity index (χ2v) is 3.68. The summed E-state index contributed by atoms with van der Waals surface area (Å²) >= 11 is 0. The van der Waals surface area contributed by atoms with Crippen molar-refractivity contribution in [1.29, 1.82) is 0 Å². The first-order chi connectivity index (χ1) is 8.52. The third-order valence-corrected chi connectivity index (χ3v) is 1.82. The van der Waals surface area contributed by atoms with E-state index in [1.807, 2.05) is 6.92 Å². The molecule has 0 radical (unpaired) electrons. The van der Waals surface area contributed by atoms with Gasteiger partial charge in [-0.25, -0.2) is 4.79 Å². The molecule has 0 aliphatic heterocycles. The van der Waals surface area contributed by atoms with Crippen molar-refractivity contribution in [3.8, 4) is 5.75 Å². The Labute approximate surface area is 107 Å². The largest absolute Gasteiger partial charge is 0.490 e. The van der Waals surface area contributed by atoms with E-state index >= 15 is 0 Å². The highest BCUT2D eigenvalue weighted by atomic mass is 16.5. The first-order valence-corrected chi connectivity index (χ1v) is 5.77. The van der Waals surface area contributed by atoms with Crippen LogP contribution in [0.3, 0.4) is 0 Å². The van der Waals surface area contributed by atoms with Crippen LogP contribution >= 0.6 is 0 Å². The predicted octanol–water partition coefficient (Wildman–Crippen LogP) is 1.53. The second-order valence-electron chi connectivity index (χ2n) is 3.68. The minimum Gasteiger partial charge on any atom is -0.490 e. The molecule has 1 aromatic rings. The van der Waals surface area contributed by atoms with Crippen molar-refractivity contribution >= 4 is 5.97 Å². The third kappa shape index (κ3) is 6.88. The van der Waals surface area contributed by atoms with Crippen LogP contribution in [0.1, 0.15) is 30.6 Å². The standard InChI is InChI=1S/C10H12O4.C3H8O/c1-7(11)6-14-9-5-3-2-4-8(9)10(12)13;1-2-3-4/h2-5,7,11H,6H2,1H3,(H,12,13);4H,2-3H2,1H3. The van der Waals surface area contributed by atoms with Crippen LogP contribution in [-0.4, -0.2) is 40.6 Å². The van der Waals surface area contributed by atoms with Gasteiger partial charge in [0.25, 0.3) is 0 Å². The minimum atomic E-state index is -1.04. The summed E-state index contributed by atoms with van der Waals surface area (Å²) < 4.78 is 5.13. The topological polar surface area (TPSA) is 87.0 Å². The maximum absolute atomic E-state index is 10.7. The molecular formula is C13H20O5. The number of carboxylic acids is 1. The van der Waals surface area contributed by atoms with Gasteiger partial charge in [-0.2, -0.15) is 0 Å². The second kappa shape index (κ2) is 9.44. The van der Waals surface area contributed by atoms with Crippen LogP contribution in [0.15, 0.2) is 24.3 Å². The number of carboxylic acid groups (broad SMARTS) is 1. The van der Waals surface area contributed by atoms with Crippen LogP contribution in [0, 0.1) is 0 Å². The van der Waals surface area contributed by atoms with Crippen molar-refractivity contribution in [3.05, 3.63) is 29.8 Å². The number of aromatic carboxylic acids is 1. The molecule has 0 bridgehead atoms. The number of hydrogen-bond acceptors (Lipinski definition) is 4. The van der Waals surface area contributed by atoms with Crippen molar-refractivity contribution in [2.24, 2.45) is 0 Å². The monoisotopic (exact) mass is 256 g/mol. The molecule has 0 fully saturated rings. The molecule has 0 amide bonds. The molecule has 1 rings (SSSR count). The van der Waals surface area contributed by atoms with Gasteiger partial charge in [0.05, 0.1) is 6.10 Å². The van der Waals surface area contributed by atoms with E-state index in [2.05, 4.69) is 0 Å². The first-order valence-electron chi connectivity index (χ1n) is 5.77. The van der Waals surface area contributed by atoms with Gasteiger partial charge in [0, 0.05) is 6.61 Å². The molecule has 5 nitrogen and oxygen atoms in total.